The van der Waals surface area contributed by atoms with Gasteiger partial charge in [-0.25, -0.2) is 22.8 Å². The number of amides is 1. The molecule has 340 valence electrons. The molecule has 0 bridgehead atoms. The van der Waals surface area contributed by atoms with Gasteiger partial charge in [0.2, 0.25) is 0 Å². The van der Waals surface area contributed by atoms with E-state index < -0.39 is 21.5 Å². The van der Waals surface area contributed by atoms with Crippen LogP contribution in [0.5, 0.6) is 0 Å². The number of aromatic amines is 1. The molecule has 14 nitrogen and oxygen atoms in total. The van der Waals surface area contributed by atoms with Crippen LogP contribution in [-0.2, 0) is 10.0 Å². The molecule has 9 rings (SSSR count). The topological polar surface area (TPSA) is 178 Å². The van der Waals surface area contributed by atoms with Crippen molar-refractivity contribution in [1.82, 2.24) is 29.4 Å². The Morgan fingerprint density at radius 1 is 0.985 bits per heavy atom. The van der Waals surface area contributed by atoms with Gasteiger partial charge in [0.15, 0.2) is 0 Å². The molecule has 1 saturated carbocycles. The third-order valence-electron chi connectivity index (χ3n) is 13.9. The van der Waals surface area contributed by atoms with E-state index in [9.17, 15) is 23.2 Å². The third kappa shape index (κ3) is 9.56. The average molecular weight is 919 g/mol. The number of rotatable bonds is 13. The molecule has 1 saturated heterocycles. The van der Waals surface area contributed by atoms with Crippen LogP contribution in [0.2, 0.25) is 5.02 Å². The molecule has 4 heterocycles. The van der Waals surface area contributed by atoms with E-state index >= 15 is 0 Å². The van der Waals surface area contributed by atoms with Crippen molar-refractivity contribution in [3.63, 3.8) is 0 Å². The molecular weight excluding hydrogens is 862 g/mol. The van der Waals surface area contributed by atoms with Crippen LogP contribution in [0.15, 0.2) is 101 Å². The number of aromatic nitrogens is 4. The summed E-state index contributed by atoms with van der Waals surface area (Å²) in [6.07, 6.45) is 10.5. The highest BCUT2D eigenvalue weighted by Crippen LogP contribution is 2.44. The van der Waals surface area contributed by atoms with Gasteiger partial charge >= 0.3 is 0 Å². The Balaban J connectivity index is 0.950. The second-order valence-electron chi connectivity index (χ2n) is 18.9. The van der Waals surface area contributed by atoms with Crippen LogP contribution in [0.4, 0.5) is 17.1 Å². The van der Waals surface area contributed by atoms with Gasteiger partial charge in [-0.15, -0.1) is 4.91 Å². The molecular formula is C49H56ClN9O5S. The first-order chi connectivity index (χ1) is 31.2. The molecule has 1 amide bonds. The Morgan fingerprint density at radius 3 is 2.49 bits per heavy atom. The van der Waals surface area contributed by atoms with E-state index in [4.69, 9.17) is 16.6 Å². The molecule has 3 aromatic carbocycles. The van der Waals surface area contributed by atoms with E-state index in [1.807, 2.05) is 43.3 Å². The second kappa shape index (κ2) is 18.0. The summed E-state index contributed by atoms with van der Waals surface area (Å²) < 4.78 is 31.6. The minimum absolute atomic E-state index is 0.0840. The third-order valence-corrected chi connectivity index (χ3v) is 15.5. The van der Waals surface area contributed by atoms with Crippen molar-refractivity contribution in [3.05, 3.63) is 112 Å². The highest BCUT2D eigenvalue weighted by Gasteiger charge is 2.33. The maximum Gasteiger partial charge on any atom is 0.267 e. The number of piperazine rings is 1. The van der Waals surface area contributed by atoms with Crippen LogP contribution in [0.3, 0.4) is 0 Å². The SMILES string of the molecule is CC[C@]1(O)CC[C@H](CNc2ccc(S(=O)(=O)NC(=O)c3ccc(N4CCN(CC5=C(c6ccc(Cl)cc6)CC(C)(C)CC5)CC4)cc3-n3ncc4nc5[nH]ccc5cc43)cc2N=O)CC1. The van der Waals surface area contributed by atoms with Crippen molar-refractivity contribution in [2.75, 3.05) is 49.5 Å². The van der Waals surface area contributed by atoms with Crippen LogP contribution in [0.25, 0.3) is 33.3 Å². The van der Waals surface area contributed by atoms with Crippen molar-refractivity contribution in [2.45, 2.75) is 82.6 Å². The van der Waals surface area contributed by atoms with Gasteiger partial charge in [0.05, 0.1) is 39.1 Å². The summed E-state index contributed by atoms with van der Waals surface area (Å²) in [5, 5.41) is 23.3. The molecule has 0 unspecified atom stereocenters. The largest absolute Gasteiger partial charge is 0.390 e. The van der Waals surface area contributed by atoms with E-state index in [0.29, 0.717) is 53.9 Å². The lowest BCUT2D eigenvalue weighted by Crippen LogP contribution is -2.47. The number of hydrogen-bond acceptors (Lipinski definition) is 11. The number of allylic oxidation sites excluding steroid dienone is 1. The normalized spacial score (nSPS) is 20.6. The Kier molecular flexibility index (Phi) is 12.3. The van der Waals surface area contributed by atoms with Gasteiger partial charge in [-0.1, -0.05) is 50.1 Å². The van der Waals surface area contributed by atoms with Gasteiger partial charge in [0, 0.05) is 61.6 Å². The summed E-state index contributed by atoms with van der Waals surface area (Å²) >= 11 is 6.26. The van der Waals surface area contributed by atoms with Crippen molar-refractivity contribution < 1.29 is 18.3 Å². The number of benzene rings is 3. The first-order valence-corrected chi connectivity index (χ1v) is 24.5. The number of pyridine rings is 1. The summed E-state index contributed by atoms with van der Waals surface area (Å²) in [6.45, 7) is 11.3. The predicted molar refractivity (Wildman–Crippen MR) is 258 cm³/mol. The molecule has 0 radical (unpaired) electrons. The zero-order valence-corrected chi connectivity index (χ0v) is 38.7. The number of aliphatic hydroxyl groups is 1. The number of hydrogen-bond donors (Lipinski definition) is 4. The fraction of sp³-hybridized carbons (Fsp3) is 0.408. The first-order valence-electron chi connectivity index (χ1n) is 22.6. The summed E-state index contributed by atoms with van der Waals surface area (Å²) in [6, 6.07) is 21.5. The van der Waals surface area contributed by atoms with Gasteiger partial charge in [-0.3, -0.25) is 9.69 Å². The zero-order valence-electron chi connectivity index (χ0n) is 37.1. The second-order valence-corrected chi connectivity index (χ2v) is 21.0. The molecule has 3 aromatic heterocycles. The number of anilines is 2. The van der Waals surface area contributed by atoms with E-state index in [-0.39, 0.29) is 27.5 Å². The van der Waals surface area contributed by atoms with E-state index in [1.54, 1.807) is 23.1 Å². The number of fused-ring (bicyclic) bond motifs is 2. The highest BCUT2D eigenvalue weighted by atomic mass is 35.5. The van der Waals surface area contributed by atoms with Crippen LogP contribution < -0.4 is 14.9 Å². The molecule has 2 aliphatic carbocycles. The lowest BCUT2D eigenvalue weighted by atomic mass is 9.72. The standard InChI is InChI=1S/C49H56ClN9O5S/c1-4-49(61)18-13-32(14-19-49)29-52-41-12-10-38(27-42(41)55-62)65(63,64)56-47(60)39-11-9-37(26-44(39)59-45-25-34-16-20-51-46(34)54-43(45)30-53-59)58-23-21-57(22-24-58)31-35-15-17-48(2,3)28-40(35)33-5-7-36(50)8-6-33/h5-12,16,20,25-27,30,32,52,61H,4,13-15,17-19,21-24,28-29,31H2,1-3H3,(H,51,54)(H,56,60)/t32-,49-. The van der Waals surface area contributed by atoms with Crippen molar-refractivity contribution >= 4 is 72.2 Å². The number of nitrogens with zero attached hydrogens (tertiary/aromatic N) is 6. The Labute approximate surface area is 384 Å². The smallest absolute Gasteiger partial charge is 0.267 e. The number of carbonyl (C=O) groups is 1. The molecule has 65 heavy (non-hydrogen) atoms. The maximum atomic E-state index is 14.2. The van der Waals surface area contributed by atoms with Crippen LogP contribution in [-0.4, -0.2) is 88.9 Å². The fourth-order valence-corrected chi connectivity index (χ4v) is 10.9. The molecule has 0 atom stereocenters. The summed E-state index contributed by atoms with van der Waals surface area (Å²) in [5.41, 5.74) is 7.36. The van der Waals surface area contributed by atoms with Gasteiger partial charge in [-0.05, 0) is 140 Å². The summed E-state index contributed by atoms with van der Waals surface area (Å²) in [4.78, 5) is 38.6. The lowest BCUT2D eigenvalue weighted by molar-refractivity contribution is -0.0109. The average Bonchev–Trinajstić information content (AvgIpc) is 3.95. The quantitative estimate of drug-likeness (QED) is 0.0816. The van der Waals surface area contributed by atoms with Crippen molar-refractivity contribution in [2.24, 2.45) is 16.5 Å². The molecule has 3 aliphatic rings. The van der Waals surface area contributed by atoms with Gasteiger partial charge in [0.25, 0.3) is 15.9 Å². The summed E-state index contributed by atoms with van der Waals surface area (Å²) in [5.74, 6) is -0.568. The van der Waals surface area contributed by atoms with Gasteiger partial charge in [-0.2, -0.15) is 5.10 Å². The molecule has 6 aromatic rings. The number of H-pyrrole nitrogens is 1. The molecule has 4 N–H and O–H groups in total. The predicted octanol–water partition coefficient (Wildman–Crippen LogP) is 9.60. The van der Waals surface area contributed by atoms with Crippen molar-refractivity contribution in [3.8, 4) is 5.69 Å². The molecule has 1 aliphatic heterocycles. The van der Waals surface area contributed by atoms with E-state index in [1.165, 1.54) is 34.9 Å². The Bertz CT molecular complexity index is 2890. The van der Waals surface area contributed by atoms with Gasteiger partial charge in [0.1, 0.15) is 16.9 Å². The fourth-order valence-electron chi connectivity index (χ4n) is 9.76. The molecule has 0 spiro atoms. The molecule has 16 heteroatoms. The number of halogens is 1. The molecule has 2 fully saturated rings. The summed E-state index contributed by atoms with van der Waals surface area (Å²) in [7, 11) is -4.46. The highest BCUT2D eigenvalue weighted by molar-refractivity contribution is 7.90. The zero-order chi connectivity index (χ0) is 45.5. The van der Waals surface area contributed by atoms with Gasteiger partial charge < -0.3 is 20.3 Å². The van der Waals surface area contributed by atoms with E-state index in [2.05, 4.69) is 61.1 Å². The first kappa shape index (κ1) is 44.6. The minimum atomic E-state index is -4.46. The monoisotopic (exact) mass is 917 g/mol. The number of nitrogens with one attached hydrogen (secondary N) is 3. The number of sulfonamides is 1. The lowest BCUT2D eigenvalue weighted by Gasteiger charge is -2.39. The van der Waals surface area contributed by atoms with Crippen LogP contribution in [0, 0.1) is 16.2 Å². The number of nitroso groups, excluding NO2 is 1. The maximum absolute atomic E-state index is 14.2. The van der Waals surface area contributed by atoms with Crippen LogP contribution >= 0.6 is 11.6 Å². The van der Waals surface area contributed by atoms with Crippen molar-refractivity contribution in [1.29, 1.82) is 0 Å². The Hall–Kier alpha value is -5.61. The van der Waals surface area contributed by atoms with E-state index in [0.717, 1.165) is 80.9 Å². The van der Waals surface area contributed by atoms with Crippen LogP contribution in [0.1, 0.15) is 88.1 Å². The Morgan fingerprint density at radius 2 is 1.75 bits per heavy atom. The minimum Gasteiger partial charge on any atom is -0.390 e. The number of carbonyl (C=O) groups excluding carboxylic acids is 1.